The Labute approximate surface area is 177 Å². The lowest BCUT2D eigenvalue weighted by molar-refractivity contribution is -0.108. The maximum absolute atomic E-state index is 13.3. The maximum Gasteiger partial charge on any atom is 0.270 e. The molecule has 3 aromatic rings. The fourth-order valence-corrected chi connectivity index (χ4v) is 4.61. The number of nitrogens with one attached hydrogen (secondary N) is 1. The Morgan fingerprint density at radius 1 is 1.17 bits per heavy atom. The van der Waals surface area contributed by atoms with Crippen LogP contribution in [0.15, 0.2) is 42.5 Å². The third-order valence-electron chi connectivity index (χ3n) is 6.28. The Kier molecular flexibility index (Phi) is 5.62. The first-order chi connectivity index (χ1) is 14.5. The number of rotatable bonds is 5. The quantitative estimate of drug-likeness (QED) is 0.632. The zero-order chi connectivity index (χ0) is 21.3. The van der Waals surface area contributed by atoms with Gasteiger partial charge in [-0.3, -0.25) is 9.59 Å². The van der Waals surface area contributed by atoms with Crippen LogP contribution in [0.2, 0.25) is 0 Å². The van der Waals surface area contributed by atoms with E-state index in [0.29, 0.717) is 18.8 Å². The first kappa shape index (κ1) is 20.2. The molecule has 1 N–H and O–H groups in total. The summed E-state index contributed by atoms with van der Waals surface area (Å²) in [6.07, 6.45) is 3.30. The predicted octanol–water partition coefficient (Wildman–Crippen LogP) is 4.61. The number of benzene rings is 2. The van der Waals surface area contributed by atoms with Crippen LogP contribution in [0, 0.1) is 13.8 Å². The average molecular weight is 404 g/mol. The molecule has 4 rings (SSSR count). The third kappa shape index (κ3) is 3.60. The van der Waals surface area contributed by atoms with Crippen LogP contribution in [0.3, 0.4) is 0 Å². The number of anilines is 1. The molecule has 0 bridgehead atoms. The van der Waals surface area contributed by atoms with E-state index < -0.39 is 0 Å². The van der Waals surface area contributed by atoms with E-state index in [-0.39, 0.29) is 11.9 Å². The molecule has 0 spiro atoms. The van der Waals surface area contributed by atoms with Gasteiger partial charge in [0.25, 0.3) is 5.91 Å². The first-order valence-corrected chi connectivity index (χ1v) is 10.7. The summed E-state index contributed by atoms with van der Waals surface area (Å²) in [5.41, 5.74) is 6.06. The number of piperidine rings is 1. The Morgan fingerprint density at radius 2 is 1.90 bits per heavy atom. The summed E-state index contributed by atoms with van der Waals surface area (Å²) in [4.78, 5) is 32.3. The summed E-state index contributed by atoms with van der Waals surface area (Å²) in [6, 6.07) is 14.3. The Hall–Kier alpha value is -3.08. The minimum Gasteiger partial charge on any atom is -0.350 e. The molecule has 5 nitrogen and oxygen atoms in total. The van der Waals surface area contributed by atoms with Gasteiger partial charge in [-0.25, -0.2) is 0 Å². The lowest BCUT2D eigenvalue weighted by Crippen LogP contribution is -2.47. The van der Waals surface area contributed by atoms with Gasteiger partial charge >= 0.3 is 0 Å². The van der Waals surface area contributed by atoms with Crippen molar-refractivity contribution in [2.24, 2.45) is 0 Å². The second-order valence-corrected chi connectivity index (χ2v) is 8.20. The number of carbonyl (C=O) groups is 2. The van der Waals surface area contributed by atoms with Crippen LogP contribution in [0.25, 0.3) is 10.9 Å². The molecule has 0 aliphatic carbocycles. The van der Waals surface area contributed by atoms with Crippen LogP contribution in [-0.2, 0) is 11.2 Å². The second-order valence-electron chi connectivity index (χ2n) is 8.20. The van der Waals surface area contributed by atoms with Crippen molar-refractivity contribution >= 4 is 28.9 Å². The topological polar surface area (TPSA) is 56.4 Å². The highest BCUT2D eigenvalue weighted by molar-refractivity contribution is 6.01. The van der Waals surface area contributed by atoms with Crippen LogP contribution >= 0.6 is 0 Å². The molecule has 1 fully saturated rings. The monoisotopic (exact) mass is 403 g/mol. The zero-order valence-electron chi connectivity index (χ0n) is 17.9. The number of H-pyrrole nitrogens is 1. The Morgan fingerprint density at radius 3 is 2.57 bits per heavy atom. The zero-order valence-corrected chi connectivity index (χ0v) is 17.9. The molecule has 1 saturated heterocycles. The van der Waals surface area contributed by atoms with Crippen molar-refractivity contribution in [3.05, 3.63) is 64.8 Å². The van der Waals surface area contributed by atoms with E-state index in [9.17, 15) is 9.59 Å². The number of aromatic amines is 1. The molecule has 0 unspecified atom stereocenters. The molecule has 0 radical (unpaired) electrons. The van der Waals surface area contributed by atoms with Gasteiger partial charge in [-0.1, -0.05) is 36.8 Å². The molecule has 2 heterocycles. The summed E-state index contributed by atoms with van der Waals surface area (Å²) < 4.78 is 0. The Balaban J connectivity index is 1.52. The highest BCUT2D eigenvalue weighted by atomic mass is 16.2. The smallest absolute Gasteiger partial charge is 0.270 e. The molecule has 1 aliphatic heterocycles. The first-order valence-electron chi connectivity index (χ1n) is 10.7. The van der Waals surface area contributed by atoms with Crippen molar-refractivity contribution in [1.82, 2.24) is 9.88 Å². The van der Waals surface area contributed by atoms with Crippen LogP contribution < -0.4 is 4.90 Å². The van der Waals surface area contributed by atoms with Gasteiger partial charge in [0.15, 0.2) is 0 Å². The molecule has 30 heavy (non-hydrogen) atoms. The van der Waals surface area contributed by atoms with E-state index in [1.807, 2.05) is 41.0 Å². The number of aromatic nitrogens is 1. The van der Waals surface area contributed by atoms with Crippen molar-refractivity contribution in [2.45, 2.75) is 46.1 Å². The summed E-state index contributed by atoms with van der Waals surface area (Å²) in [6.45, 7) is 7.49. The van der Waals surface area contributed by atoms with Crippen molar-refractivity contribution in [1.29, 1.82) is 0 Å². The van der Waals surface area contributed by atoms with Crippen molar-refractivity contribution < 1.29 is 9.59 Å². The van der Waals surface area contributed by atoms with Gasteiger partial charge in [-0.2, -0.15) is 0 Å². The molecule has 5 heteroatoms. The number of nitrogens with zero attached hydrogens (tertiary/aromatic N) is 2. The molecule has 1 aliphatic rings. The standard InChI is InChI=1S/C25H29N3O2/c1-4-20-21-15-17(2)9-10-22(21)26-24(20)25(30)27-13-11-19(12-14-27)28(16-29)23-8-6-5-7-18(23)3/h5-10,15-16,19,26H,4,11-14H2,1-3H3. The summed E-state index contributed by atoms with van der Waals surface area (Å²) in [7, 11) is 0. The van der Waals surface area contributed by atoms with Crippen molar-refractivity contribution in [3.63, 3.8) is 0 Å². The summed E-state index contributed by atoms with van der Waals surface area (Å²) in [5, 5.41) is 1.14. The van der Waals surface area contributed by atoms with Gasteiger partial charge < -0.3 is 14.8 Å². The van der Waals surface area contributed by atoms with Gasteiger partial charge in [0, 0.05) is 35.7 Å². The van der Waals surface area contributed by atoms with Crippen LogP contribution in [0.1, 0.15) is 46.9 Å². The summed E-state index contributed by atoms with van der Waals surface area (Å²) >= 11 is 0. The third-order valence-corrected chi connectivity index (χ3v) is 6.28. The van der Waals surface area contributed by atoms with Crippen molar-refractivity contribution in [3.8, 4) is 0 Å². The highest BCUT2D eigenvalue weighted by Gasteiger charge is 2.30. The highest BCUT2D eigenvalue weighted by Crippen LogP contribution is 2.28. The lowest BCUT2D eigenvalue weighted by atomic mass is 10.0. The SMILES string of the molecule is CCc1c(C(=O)N2CCC(N(C=O)c3ccccc3C)CC2)[nH]c2ccc(C)cc12. The lowest BCUT2D eigenvalue weighted by Gasteiger charge is -2.37. The van der Waals surface area contributed by atoms with E-state index in [4.69, 9.17) is 0 Å². The number of hydrogen-bond donors (Lipinski definition) is 1. The van der Waals surface area contributed by atoms with Crippen LogP contribution in [-0.4, -0.2) is 41.3 Å². The van der Waals surface area contributed by atoms with E-state index in [1.165, 1.54) is 5.56 Å². The number of amides is 2. The normalized spacial score (nSPS) is 14.8. The summed E-state index contributed by atoms with van der Waals surface area (Å²) in [5.74, 6) is 0.0627. The van der Waals surface area contributed by atoms with Gasteiger partial charge in [0.2, 0.25) is 6.41 Å². The number of hydrogen-bond acceptors (Lipinski definition) is 2. The Bertz CT molecular complexity index is 1080. The maximum atomic E-state index is 13.3. The molecule has 156 valence electrons. The molecule has 1 aromatic heterocycles. The largest absolute Gasteiger partial charge is 0.350 e. The second kappa shape index (κ2) is 8.34. The molecule has 0 saturated carbocycles. The van der Waals surface area contributed by atoms with E-state index in [1.54, 1.807) is 0 Å². The number of carbonyl (C=O) groups excluding carboxylic acids is 2. The van der Waals surface area contributed by atoms with E-state index in [2.05, 4.69) is 37.0 Å². The van der Waals surface area contributed by atoms with Gasteiger partial charge in [-0.15, -0.1) is 0 Å². The predicted molar refractivity (Wildman–Crippen MR) is 121 cm³/mol. The number of aryl methyl sites for hydroxylation is 3. The molecule has 2 amide bonds. The number of para-hydroxylation sites is 1. The van der Waals surface area contributed by atoms with E-state index in [0.717, 1.165) is 53.4 Å². The fraction of sp³-hybridized carbons (Fsp3) is 0.360. The van der Waals surface area contributed by atoms with Crippen LogP contribution in [0.4, 0.5) is 5.69 Å². The number of fused-ring (bicyclic) bond motifs is 1. The minimum absolute atomic E-state index is 0.0627. The van der Waals surface area contributed by atoms with Gasteiger partial charge in [0.1, 0.15) is 5.69 Å². The van der Waals surface area contributed by atoms with Gasteiger partial charge in [-0.05, 0) is 62.4 Å². The fourth-order valence-electron chi connectivity index (χ4n) is 4.61. The number of likely N-dealkylation sites (tertiary alicyclic amines) is 1. The average Bonchev–Trinajstić information content (AvgIpc) is 3.13. The molecule has 0 atom stereocenters. The van der Waals surface area contributed by atoms with Gasteiger partial charge in [0.05, 0.1) is 0 Å². The molecular weight excluding hydrogens is 374 g/mol. The molecule has 2 aromatic carbocycles. The molecular formula is C25H29N3O2. The van der Waals surface area contributed by atoms with Crippen LogP contribution in [0.5, 0.6) is 0 Å². The van der Waals surface area contributed by atoms with Crippen molar-refractivity contribution in [2.75, 3.05) is 18.0 Å². The van der Waals surface area contributed by atoms with E-state index >= 15 is 0 Å². The minimum atomic E-state index is 0.0627.